The van der Waals surface area contributed by atoms with Gasteiger partial charge in [0.2, 0.25) is 0 Å². The number of hydrogen-bond donors (Lipinski definition) is 2. The highest BCUT2D eigenvalue weighted by molar-refractivity contribution is 6.32. The SMILES string of the molecule is O=C(NCC(c1ccccc1)C1CC1)c1ccc(Oc2cc3c(cc2Cl)C(C(=O)O)CCO3)cc1. The molecule has 180 valence electrons. The Labute approximate surface area is 208 Å². The number of amides is 1. The fourth-order valence-corrected chi connectivity index (χ4v) is 4.80. The standard InChI is InChI=1S/C28H26ClNO5/c29-24-14-22-21(28(32)33)12-13-34-25(22)15-26(24)35-20-10-8-19(9-11-20)27(31)30-16-23(18-6-7-18)17-4-2-1-3-5-17/h1-5,8-11,14-15,18,21,23H,6-7,12-13,16H2,(H,30,31)(H,32,33). The number of ether oxygens (including phenoxy) is 2. The number of nitrogens with one attached hydrogen (secondary N) is 1. The third kappa shape index (κ3) is 5.28. The van der Waals surface area contributed by atoms with Crippen molar-refractivity contribution in [1.82, 2.24) is 5.32 Å². The van der Waals surface area contributed by atoms with E-state index >= 15 is 0 Å². The molecule has 1 fully saturated rings. The second kappa shape index (κ2) is 10.0. The Kier molecular flexibility index (Phi) is 6.64. The molecule has 0 saturated heterocycles. The average molecular weight is 492 g/mol. The molecule has 2 unspecified atom stereocenters. The van der Waals surface area contributed by atoms with E-state index in [-0.39, 0.29) is 5.91 Å². The van der Waals surface area contributed by atoms with E-state index in [1.54, 1.807) is 36.4 Å². The normalized spacial score (nSPS) is 17.6. The third-order valence-electron chi connectivity index (χ3n) is 6.65. The molecular formula is C28H26ClNO5. The Balaban J connectivity index is 1.24. The van der Waals surface area contributed by atoms with Crippen LogP contribution in [-0.4, -0.2) is 30.1 Å². The zero-order valence-corrected chi connectivity index (χ0v) is 19.8. The van der Waals surface area contributed by atoms with Crippen molar-refractivity contribution in [2.45, 2.75) is 31.1 Å². The van der Waals surface area contributed by atoms with Crippen molar-refractivity contribution in [3.63, 3.8) is 0 Å². The molecule has 2 atom stereocenters. The molecule has 3 aromatic rings. The van der Waals surface area contributed by atoms with E-state index < -0.39 is 11.9 Å². The van der Waals surface area contributed by atoms with Crippen LogP contribution < -0.4 is 14.8 Å². The van der Waals surface area contributed by atoms with E-state index in [4.69, 9.17) is 21.1 Å². The van der Waals surface area contributed by atoms with Gasteiger partial charge in [0.25, 0.3) is 5.91 Å². The van der Waals surface area contributed by atoms with Gasteiger partial charge in [-0.1, -0.05) is 41.9 Å². The number of fused-ring (bicyclic) bond motifs is 1. The van der Waals surface area contributed by atoms with Gasteiger partial charge in [-0.3, -0.25) is 9.59 Å². The molecule has 2 N–H and O–H groups in total. The minimum atomic E-state index is -0.902. The van der Waals surface area contributed by atoms with E-state index in [1.807, 2.05) is 18.2 Å². The lowest BCUT2D eigenvalue weighted by molar-refractivity contribution is -0.139. The predicted octanol–water partition coefficient (Wildman–Crippen LogP) is 6.01. The third-order valence-corrected chi connectivity index (χ3v) is 6.94. The number of benzene rings is 3. The first-order chi connectivity index (χ1) is 17.0. The van der Waals surface area contributed by atoms with Gasteiger partial charge in [-0.25, -0.2) is 0 Å². The molecule has 0 spiro atoms. The molecule has 6 nitrogen and oxygen atoms in total. The zero-order chi connectivity index (χ0) is 24.4. The fraction of sp³-hybridized carbons (Fsp3) is 0.286. The van der Waals surface area contributed by atoms with Gasteiger partial charge in [0.05, 0.1) is 17.5 Å². The van der Waals surface area contributed by atoms with Crippen LogP contribution in [-0.2, 0) is 4.79 Å². The summed E-state index contributed by atoms with van der Waals surface area (Å²) in [5.74, 6) is 0.616. The lowest BCUT2D eigenvalue weighted by atomic mass is 9.93. The number of carboxylic acids is 1. The van der Waals surface area contributed by atoms with Crippen LogP contribution >= 0.6 is 11.6 Å². The number of rotatable bonds is 8. The van der Waals surface area contributed by atoms with E-state index in [0.29, 0.717) is 64.8 Å². The monoisotopic (exact) mass is 491 g/mol. The van der Waals surface area contributed by atoms with Gasteiger partial charge in [-0.15, -0.1) is 0 Å². The van der Waals surface area contributed by atoms with E-state index in [9.17, 15) is 14.7 Å². The van der Waals surface area contributed by atoms with Gasteiger partial charge in [0, 0.05) is 29.7 Å². The Morgan fingerprint density at radius 2 is 1.80 bits per heavy atom. The summed E-state index contributed by atoms with van der Waals surface area (Å²) in [7, 11) is 0. The molecule has 5 rings (SSSR count). The van der Waals surface area contributed by atoms with Crippen molar-refractivity contribution in [3.8, 4) is 17.2 Å². The minimum absolute atomic E-state index is 0.127. The lowest BCUT2D eigenvalue weighted by Gasteiger charge is -2.24. The summed E-state index contributed by atoms with van der Waals surface area (Å²) in [5.41, 5.74) is 2.36. The maximum absolute atomic E-state index is 12.8. The molecule has 1 aliphatic heterocycles. The summed E-state index contributed by atoms with van der Waals surface area (Å²) in [6.07, 6.45) is 2.80. The smallest absolute Gasteiger partial charge is 0.311 e. The molecule has 2 aliphatic rings. The summed E-state index contributed by atoms with van der Waals surface area (Å²) in [4.78, 5) is 24.3. The molecule has 1 aliphatic carbocycles. The van der Waals surface area contributed by atoms with Crippen LogP contribution in [0.5, 0.6) is 17.2 Å². The Morgan fingerprint density at radius 1 is 1.06 bits per heavy atom. The topological polar surface area (TPSA) is 84.9 Å². The molecule has 7 heteroatoms. The van der Waals surface area contributed by atoms with Gasteiger partial charge in [0.1, 0.15) is 17.2 Å². The quantitative estimate of drug-likeness (QED) is 0.403. The van der Waals surface area contributed by atoms with Crippen molar-refractivity contribution in [1.29, 1.82) is 0 Å². The van der Waals surface area contributed by atoms with Crippen molar-refractivity contribution in [2.24, 2.45) is 5.92 Å². The average Bonchev–Trinajstić information content (AvgIpc) is 3.70. The second-order valence-corrected chi connectivity index (χ2v) is 9.45. The van der Waals surface area contributed by atoms with Crippen LogP contribution in [0.2, 0.25) is 5.02 Å². The Morgan fingerprint density at radius 3 is 2.49 bits per heavy atom. The highest BCUT2D eigenvalue weighted by atomic mass is 35.5. The van der Waals surface area contributed by atoms with Crippen LogP contribution in [0.25, 0.3) is 0 Å². The zero-order valence-electron chi connectivity index (χ0n) is 19.1. The van der Waals surface area contributed by atoms with Gasteiger partial charge >= 0.3 is 5.97 Å². The molecule has 3 aromatic carbocycles. The van der Waals surface area contributed by atoms with Gasteiger partial charge in [-0.05, 0) is 61.1 Å². The Hall–Kier alpha value is -3.51. The number of carbonyl (C=O) groups excluding carboxylic acids is 1. The van der Waals surface area contributed by atoms with E-state index in [0.717, 1.165) is 0 Å². The van der Waals surface area contributed by atoms with Crippen LogP contribution in [0.4, 0.5) is 0 Å². The summed E-state index contributed by atoms with van der Waals surface area (Å²) < 4.78 is 11.5. The second-order valence-electron chi connectivity index (χ2n) is 9.04. The number of carbonyl (C=O) groups is 2. The fourth-order valence-electron chi connectivity index (χ4n) is 4.59. The maximum Gasteiger partial charge on any atom is 0.311 e. The Bertz CT molecular complexity index is 1220. The van der Waals surface area contributed by atoms with Gasteiger partial charge in [-0.2, -0.15) is 0 Å². The first-order valence-corrected chi connectivity index (χ1v) is 12.2. The molecule has 0 bridgehead atoms. The van der Waals surface area contributed by atoms with Crippen LogP contribution in [0.15, 0.2) is 66.7 Å². The number of carboxylic acid groups (broad SMARTS) is 1. The maximum atomic E-state index is 12.8. The van der Waals surface area contributed by atoms with E-state index in [2.05, 4.69) is 17.4 Å². The number of hydrogen-bond acceptors (Lipinski definition) is 4. The molecule has 0 radical (unpaired) electrons. The van der Waals surface area contributed by atoms with Crippen molar-refractivity contribution in [3.05, 3.63) is 88.4 Å². The molecule has 35 heavy (non-hydrogen) atoms. The first kappa shape index (κ1) is 23.2. The largest absolute Gasteiger partial charge is 0.493 e. The van der Waals surface area contributed by atoms with Crippen LogP contribution in [0, 0.1) is 5.92 Å². The summed E-state index contributed by atoms with van der Waals surface area (Å²) in [5, 5.41) is 12.8. The summed E-state index contributed by atoms with van der Waals surface area (Å²) in [6.45, 7) is 0.925. The van der Waals surface area contributed by atoms with Crippen LogP contribution in [0.1, 0.15) is 52.6 Å². The first-order valence-electron chi connectivity index (χ1n) is 11.8. The number of halogens is 1. The molecule has 1 heterocycles. The summed E-state index contributed by atoms with van der Waals surface area (Å²) >= 11 is 6.38. The minimum Gasteiger partial charge on any atom is -0.493 e. The highest BCUT2D eigenvalue weighted by Gasteiger charge is 2.32. The van der Waals surface area contributed by atoms with Crippen molar-refractivity contribution in [2.75, 3.05) is 13.2 Å². The van der Waals surface area contributed by atoms with Crippen LogP contribution in [0.3, 0.4) is 0 Å². The van der Waals surface area contributed by atoms with Gasteiger partial charge < -0.3 is 19.9 Å². The van der Waals surface area contributed by atoms with Gasteiger partial charge in [0.15, 0.2) is 0 Å². The van der Waals surface area contributed by atoms with E-state index in [1.165, 1.54) is 18.4 Å². The molecule has 1 saturated carbocycles. The molecule has 0 aromatic heterocycles. The molecule has 1 amide bonds. The van der Waals surface area contributed by atoms with Crippen molar-refractivity contribution < 1.29 is 24.2 Å². The summed E-state index contributed by atoms with van der Waals surface area (Å²) in [6, 6.07) is 20.4. The van der Waals surface area contributed by atoms with Crippen molar-refractivity contribution >= 4 is 23.5 Å². The predicted molar refractivity (Wildman–Crippen MR) is 133 cm³/mol. The lowest BCUT2D eigenvalue weighted by Crippen LogP contribution is -2.29. The molecular weight excluding hydrogens is 466 g/mol. The highest BCUT2D eigenvalue weighted by Crippen LogP contribution is 2.43. The number of aliphatic carboxylic acids is 1.